The maximum Gasteiger partial charge on any atom is 0.407 e. The van der Waals surface area contributed by atoms with Gasteiger partial charge in [0.2, 0.25) is 6.41 Å². The van der Waals surface area contributed by atoms with Gasteiger partial charge in [-0.15, -0.1) is 0 Å². The molecule has 1 atom stereocenters. The van der Waals surface area contributed by atoms with Crippen molar-refractivity contribution in [2.75, 3.05) is 27.2 Å². The van der Waals surface area contributed by atoms with E-state index in [1.165, 1.54) is 89.2 Å². The Bertz CT molecular complexity index is 865. The van der Waals surface area contributed by atoms with Gasteiger partial charge in [0.25, 0.3) is 5.69 Å². The van der Waals surface area contributed by atoms with Crippen molar-refractivity contribution in [1.82, 2.24) is 15.5 Å². The third kappa shape index (κ3) is 18.7. The Kier molecular flexibility index (Phi) is 22.1. The van der Waals surface area contributed by atoms with Crippen LogP contribution < -0.4 is 10.6 Å². The molecule has 1 aromatic rings. The first-order chi connectivity index (χ1) is 20.4. The van der Waals surface area contributed by atoms with E-state index in [1.807, 2.05) is 14.1 Å². The number of non-ortho nitro benzene ring substituents is 1. The normalized spacial score (nSPS) is 11.8. The van der Waals surface area contributed by atoms with Gasteiger partial charge in [0, 0.05) is 18.7 Å². The lowest BCUT2D eigenvalue weighted by Gasteiger charge is -2.20. The van der Waals surface area contributed by atoms with E-state index in [0.29, 0.717) is 30.5 Å². The predicted molar refractivity (Wildman–Crippen MR) is 171 cm³/mol. The Morgan fingerprint density at radius 2 is 1.48 bits per heavy atom. The molecule has 0 spiro atoms. The van der Waals surface area contributed by atoms with Gasteiger partial charge in [-0.2, -0.15) is 0 Å². The first-order valence-corrected chi connectivity index (χ1v) is 16.4. The molecule has 2 N–H and O–H groups in total. The lowest BCUT2D eigenvalue weighted by Crippen LogP contribution is -2.26. The lowest BCUT2D eigenvalue weighted by atomic mass is 9.95. The van der Waals surface area contributed by atoms with Crippen LogP contribution in [0.5, 0.6) is 0 Å². The Morgan fingerprint density at radius 3 is 2.00 bits per heavy atom. The molecule has 9 heteroatoms. The van der Waals surface area contributed by atoms with E-state index in [0.717, 1.165) is 38.6 Å². The molecule has 1 rings (SSSR count). The van der Waals surface area contributed by atoms with Crippen molar-refractivity contribution in [3.8, 4) is 0 Å². The number of nitrogens with one attached hydrogen (secondary N) is 2. The van der Waals surface area contributed by atoms with Crippen LogP contribution >= 0.6 is 0 Å². The number of benzene rings is 1. The summed E-state index contributed by atoms with van der Waals surface area (Å²) in [4.78, 5) is 36.7. The third-order valence-electron chi connectivity index (χ3n) is 7.74. The van der Waals surface area contributed by atoms with Gasteiger partial charge in [-0.3, -0.25) is 14.9 Å². The van der Waals surface area contributed by atoms with Crippen molar-refractivity contribution < 1.29 is 19.2 Å². The number of unbranched alkanes of at least 4 members (excludes halogenated alkanes) is 15. The number of nitrogens with zero attached hydrogens (tertiary/aromatic N) is 2. The zero-order valence-corrected chi connectivity index (χ0v) is 26.7. The molecule has 0 saturated carbocycles. The van der Waals surface area contributed by atoms with Crippen LogP contribution in [0.25, 0.3) is 0 Å². The summed E-state index contributed by atoms with van der Waals surface area (Å²) in [5, 5.41) is 17.0. The van der Waals surface area contributed by atoms with Crippen LogP contribution in [0.2, 0.25) is 0 Å². The smallest absolute Gasteiger partial charge is 0.407 e. The summed E-state index contributed by atoms with van der Waals surface area (Å²) in [5.74, 6) is 0. The average Bonchev–Trinajstić information content (AvgIpc) is 2.97. The zero-order chi connectivity index (χ0) is 30.8. The van der Waals surface area contributed by atoms with E-state index < -0.39 is 11.0 Å². The van der Waals surface area contributed by atoms with Crippen LogP contribution in [0.3, 0.4) is 0 Å². The number of hydrogen-bond donors (Lipinski definition) is 2. The van der Waals surface area contributed by atoms with Crippen LogP contribution in [-0.4, -0.2) is 49.5 Å². The van der Waals surface area contributed by atoms with Crippen molar-refractivity contribution in [3.63, 3.8) is 0 Å². The molecule has 0 fully saturated rings. The molecule has 0 saturated heterocycles. The molecular formula is C33H58N4O5. The second kappa shape index (κ2) is 24.9. The number of alkyl carbamates (subject to hydrolysis) is 1. The van der Waals surface area contributed by atoms with Crippen LogP contribution in [0.15, 0.2) is 18.2 Å². The molecule has 240 valence electrons. The highest BCUT2D eigenvalue weighted by Gasteiger charge is 2.20. The highest BCUT2D eigenvalue weighted by Crippen LogP contribution is 2.28. The Labute approximate surface area is 254 Å². The van der Waals surface area contributed by atoms with Crippen LogP contribution in [0, 0.1) is 10.1 Å². The maximum atomic E-state index is 12.2. The van der Waals surface area contributed by atoms with E-state index in [2.05, 4.69) is 22.5 Å². The first-order valence-electron chi connectivity index (χ1n) is 16.4. The van der Waals surface area contributed by atoms with E-state index in [-0.39, 0.29) is 18.3 Å². The van der Waals surface area contributed by atoms with E-state index >= 15 is 0 Å². The van der Waals surface area contributed by atoms with Crippen molar-refractivity contribution in [2.45, 2.75) is 135 Å². The molecule has 0 bridgehead atoms. The molecule has 0 aliphatic heterocycles. The number of amides is 2. The monoisotopic (exact) mass is 590 g/mol. The highest BCUT2D eigenvalue weighted by atomic mass is 16.6. The van der Waals surface area contributed by atoms with Crippen molar-refractivity contribution >= 4 is 18.2 Å². The minimum atomic E-state index is -0.522. The van der Waals surface area contributed by atoms with Gasteiger partial charge < -0.3 is 20.3 Å². The Hall–Kier alpha value is -2.68. The molecule has 0 aromatic heterocycles. The predicted octanol–water partition coefficient (Wildman–Crippen LogP) is 8.21. The van der Waals surface area contributed by atoms with E-state index in [9.17, 15) is 19.7 Å². The topological polar surface area (TPSA) is 114 Å². The summed E-state index contributed by atoms with van der Waals surface area (Å²) in [5.41, 5.74) is 1.23. The number of hydrogen-bond acceptors (Lipinski definition) is 6. The summed E-state index contributed by atoms with van der Waals surface area (Å²) in [6.45, 7) is 3.71. The Balaban J connectivity index is 2.43. The largest absolute Gasteiger partial charge is 0.445 e. The molecule has 9 nitrogen and oxygen atoms in total. The summed E-state index contributed by atoms with van der Waals surface area (Å²) in [7, 11) is 4.02. The molecular weight excluding hydrogens is 532 g/mol. The second-order valence-corrected chi connectivity index (χ2v) is 11.7. The van der Waals surface area contributed by atoms with Gasteiger partial charge >= 0.3 is 6.09 Å². The fraction of sp³-hybridized carbons (Fsp3) is 0.758. The van der Waals surface area contributed by atoms with Crippen molar-refractivity contribution in [2.24, 2.45) is 0 Å². The first kappa shape index (κ1) is 37.3. The highest BCUT2D eigenvalue weighted by molar-refractivity contribution is 5.67. The Morgan fingerprint density at radius 1 is 0.905 bits per heavy atom. The van der Waals surface area contributed by atoms with Gasteiger partial charge in [0.15, 0.2) is 0 Å². The summed E-state index contributed by atoms with van der Waals surface area (Å²) in [6, 6.07) is 4.14. The average molecular weight is 591 g/mol. The van der Waals surface area contributed by atoms with Crippen molar-refractivity contribution in [3.05, 3.63) is 39.4 Å². The van der Waals surface area contributed by atoms with E-state index in [1.54, 1.807) is 6.07 Å². The molecule has 0 heterocycles. The van der Waals surface area contributed by atoms with Crippen LogP contribution in [0.4, 0.5) is 10.5 Å². The van der Waals surface area contributed by atoms with Gasteiger partial charge in [0.05, 0.1) is 11.0 Å². The fourth-order valence-corrected chi connectivity index (χ4v) is 5.22. The molecule has 0 radical (unpaired) electrons. The fourth-order valence-electron chi connectivity index (χ4n) is 5.22. The summed E-state index contributed by atoms with van der Waals surface area (Å²) in [6.07, 6.45) is 21.7. The molecule has 1 unspecified atom stereocenters. The summed E-state index contributed by atoms with van der Waals surface area (Å²) < 4.78 is 5.41. The molecule has 0 aliphatic rings. The summed E-state index contributed by atoms with van der Waals surface area (Å²) >= 11 is 0. The van der Waals surface area contributed by atoms with E-state index in [4.69, 9.17) is 4.74 Å². The van der Waals surface area contributed by atoms with Gasteiger partial charge in [0.1, 0.15) is 6.61 Å². The quantitative estimate of drug-likeness (QED) is 0.0462. The number of nitro groups is 1. The molecule has 2 amide bonds. The number of carbonyl (C=O) groups is 2. The number of rotatable bonds is 27. The van der Waals surface area contributed by atoms with Crippen molar-refractivity contribution in [1.29, 1.82) is 0 Å². The minimum absolute atomic E-state index is 0.0211. The van der Waals surface area contributed by atoms with Crippen LogP contribution in [-0.2, 0) is 16.1 Å². The minimum Gasteiger partial charge on any atom is -0.445 e. The second-order valence-electron chi connectivity index (χ2n) is 11.7. The molecule has 1 aromatic carbocycles. The number of carbonyl (C=O) groups excluding carboxylic acids is 2. The number of nitro benzene ring substituents is 1. The molecule has 42 heavy (non-hydrogen) atoms. The maximum absolute atomic E-state index is 12.2. The zero-order valence-electron chi connectivity index (χ0n) is 26.7. The standard InChI is InChI=1S/C33H58N4O5/c1-4-5-6-7-8-9-10-11-12-13-14-15-16-17-18-21-32(35-28-38)31-26-30(37(40)41)23-22-29(31)27-42-33(39)34-24-19-20-25-36(2)3/h22-23,26,28,32H,4-21,24-25,27H2,1-3H3,(H,34,39)(H,35,38). The van der Waals surface area contributed by atoms with Gasteiger partial charge in [-0.1, -0.05) is 103 Å². The molecule has 0 aliphatic carbocycles. The lowest BCUT2D eigenvalue weighted by molar-refractivity contribution is -0.385. The van der Waals surface area contributed by atoms with Gasteiger partial charge in [-0.25, -0.2) is 4.79 Å². The van der Waals surface area contributed by atoms with Gasteiger partial charge in [-0.05, 0) is 57.1 Å². The SMILES string of the molecule is CCCCCCCCCCCCCCCCCC(NC=O)c1cc([N+](=O)[O-])ccc1COC(=O)NCCCCN(C)C. The third-order valence-corrected chi connectivity index (χ3v) is 7.74. The van der Waals surface area contributed by atoms with Crippen LogP contribution in [0.1, 0.15) is 140 Å². The number of ether oxygens (including phenoxy) is 1.